The van der Waals surface area contributed by atoms with Crippen molar-refractivity contribution in [3.8, 4) is 5.69 Å². The van der Waals surface area contributed by atoms with Gasteiger partial charge in [0.25, 0.3) is 0 Å². The van der Waals surface area contributed by atoms with Crippen molar-refractivity contribution in [1.29, 1.82) is 0 Å². The molecule has 0 saturated carbocycles. The van der Waals surface area contributed by atoms with E-state index in [4.69, 9.17) is 16.7 Å². The Hall–Kier alpha value is -2.59. The Labute approximate surface area is 157 Å². The first-order chi connectivity index (χ1) is 12.5. The molecule has 1 heterocycles. The quantitative estimate of drug-likeness (QED) is 0.681. The fraction of sp³-hybridized carbons (Fsp3) is 0.238. The summed E-state index contributed by atoms with van der Waals surface area (Å²) in [5.41, 5.74) is 4.44. The number of benzene rings is 2. The number of para-hydroxylation sites is 1. The highest BCUT2D eigenvalue weighted by molar-refractivity contribution is 6.33. The molecule has 3 aromatic rings. The third-order valence-corrected chi connectivity index (χ3v) is 5.03. The van der Waals surface area contributed by atoms with Crippen LogP contribution in [-0.2, 0) is 6.42 Å². The SMILES string of the molecule is Cc1ccc(Nc2nn(-c3ccccc3)c3c2C(=O)CC(C)C3)c(Cl)c1. The zero-order valence-electron chi connectivity index (χ0n) is 14.8. The van der Waals surface area contributed by atoms with E-state index in [0.717, 1.165) is 29.1 Å². The van der Waals surface area contributed by atoms with Crippen LogP contribution >= 0.6 is 11.6 Å². The Morgan fingerprint density at radius 3 is 2.65 bits per heavy atom. The van der Waals surface area contributed by atoms with Gasteiger partial charge in [-0.1, -0.05) is 42.8 Å². The summed E-state index contributed by atoms with van der Waals surface area (Å²) in [7, 11) is 0. The zero-order valence-corrected chi connectivity index (χ0v) is 15.5. The predicted molar refractivity (Wildman–Crippen MR) is 105 cm³/mol. The summed E-state index contributed by atoms with van der Waals surface area (Å²) in [6.07, 6.45) is 1.37. The number of aryl methyl sites for hydroxylation is 1. The summed E-state index contributed by atoms with van der Waals surface area (Å²) in [4.78, 5) is 12.8. The summed E-state index contributed by atoms with van der Waals surface area (Å²) in [5.74, 6) is 1.02. The van der Waals surface area contributed by atoms with Crippen LogP contribution in [-0.4, -0.2) is 15.6 Å². The minimum atomic E-state index is 0.131. The minimum Gasteiger partial charge on any atom is -0.337 e. The molecule has 0 saturated heterocycles. The lowest BCUT2D eigenvalue weighted by molar-refractivity contribution is 0.0953. The molecule has 0 bridgehead atoms. The van der Waals surface area contributed by atoms with Gasteiger partial charge in [0.1, 0.15) is 0 Å². The Balaban J connectivity index is 1.84. The van der Waals surface area contributed by atoms with Gasteiger partial charge >= 0.3 is 0 Å². The Kier molecular flexibility index (Phi) is 4.29. The van der Waals surface area contributed by atoms with Crippen LogP contribution in [0.2, 0.25) is 5.02 Å². The number of nitrogens with one attached hydrogen (secondary N) is 1. The average molecular weight is 366 g/mol. The molecule has 5 heteroatoms. The molecule has 0 aliphatic heterocycles. The highest BCUT2D eigenvalue weighted by Gasteiger charge is 2.31. The van der Waals surface area contributed by atoms with E-state index in [1.165, 1.54) is 0 Å². The topological polar surface area (TPSA) is 46.9 Å². The number of carbonyl (C=O) groups is 1. The normalized spacial score (nSPS) is 16.4. The number of rotatable bonds is 3. The molecule has 2 aromatic carbocycles. The maximum Gasteiger partial charge on any atom is 0.168 e. The molecule has 1 unspecified atom stereocenters. The van der Waals surface area contributed by atoms with Crippen molar-refractivity contribution in [2.45, 2.75) is 26.7 Å². The number of Topliss-reactive ketones (excluding diaryl/α,β-unsaturated/α-hetero) is 1. The lowest BCUT2D eigenvalue weighted by Gasteiger charge is -2.19. The van der Waals surface area contributed by atoms with Crippen molar-refractivity contribution in [2.75, 3.05) is 5.32 Å². The highest BCUT2D eigenvalue weighted by atomic mass is 35.5. The van der Waals surface area contributed by atoms with Crippen LogP contribution in [0.25, 0.3) is 5.69 Å². The van der Waals surface area contributed by atoms with Gasteiger partial charge in [0.15, 0.2) is 11.6 Å². The molecule has 1 aliphatic rings. The largest absolute Gasteiger partial charge is 0.337 e. The van der Waals surface area contributed by atoms with Crippen molar-refractivity contribution >= 4 is 28.9 Å². The lowest BCUT2D eigenvalue weighted by atomic mass is 9.87. The van der Waals surface area contributed by atoms with Crippen LogP contribution in [0.15, 0.2) is 48.5 Å². The van der Waals surface area contributed by atoms with Crippen LogP contribution in [0.3, 0.4) is 0 Å². The number of nitrogens with zero attached hydrogens (tertiary/aromatic N) is 2. The molecule has 1 aliphatic carbocycles. The van der Waals surface area contributed by atoms with Gasteiger partial charge in [0, 0.05) is 6.42 Å². The smallest absolute Gasteiger partial charge is 0.168 e. The van der Waals surface area contributed by atoms with Crippen LogP contribution in [0.5, 0.6) is 0 Å². The highest BCUT2D eigenvalue weighted by Crippen LogP contribution is 2.35. The van der Waals surface area contributed by atoms with Crippen LogP contribution in [0, 0.1) is 12.8 Å². The molecule has 0 radical (unpaired) electrons. The number of aromatic nitrogens is 2. The first-order valence-electron chi connectivity index (χ1n) is 8.76. The van der Waals surface area contributed by atoms with E-state index < -0.39 is 0 Å². The third-order valence-electron chi connectivity index (χ3n) is 4.71. The molecular formula is C21H20ClN3O. The summed E-state index contributed by atoms with van der Waals surface area (Å²) >= 11 is 6.36. The van der Waals surface area contributed by atoms with E-state index in [2.05, 4.69) is 12.2 Å². The van der Waals surface area contributed by atoms with Crippen molar-refractivity contribution in [3.05, 3.63) is 70.4 Å². The van der Waals surface area contributed by atoms with Gasteiger partial charge in [-0.05, 0) is 49.1 Å². The number of ketones is 1. The lowest BCUT2D eigenvalue weighted by Crippen LogP contribution is -2.19. The van der Waals surface area contributed by atoms with Crippen LogP contribution in [0.4, 0.5) is 11.5 Å². The Morgan fingerprint density at radius 1 is 1.15 bits per heavy atom. The monoisotopic (exact) mass is 365 g/mol. The van der Waals surface area contributed by atoms with Gasteiger partial charge in [-0.15, -0.1) is 5.10 Å². The molecule has 0 amide bonds. The number of halogens is 1. The number of hydrogen-bond donors (Lipinski definition) is 1. The van der Waals surface area contributed by atoms with Gasteiger partial charge in [-0.25, -0.2) is 4.68 Å². The Bertz CT molecular complexity index is 978. The maximum atomic E-state index is 12.8. The van der Waals surface area contributed by atoms with Crippen LogP contribution in [0.1, 0.15) is 35.0 Å². The van der Waals surface area contributed by atoms with Crippen molar-refractivity contribution < 1.29 is 4.79 Å². The summed E-state index contributed by atoms with van der Waals surface area (Å²) in [6, 6.07) is 15.7. The standard InChI is InChI=1S/C21H20ClN3O/c1-13-8-9-17(16(22)10-13)23-21-20-18(11-14(2)12-19(20)26)25(24-21)15-6-4-3-5-7-15/h3-10,14H,11-12H2,1-2H3,(H,23,24). The molecule has 4 rings (SSSR count). The number of fused-ring (bicyclic) bond motifs is 1. The van der Waals surface area contributed by atoms with E-state index >= 15 is 0 Å². The summed E-state index contributed by atoms with van der Waals surface area (Å²) in [5, 5.41) is 8.63. The van der Waals surface area contributed by atoms with Crippen molar-refractivity contribution in [2.24, 2.45) is 5.92 Å². The van der Waals surface area contributed by atoms with E-state index in [0.29, 0.717) is 28.7 Å². The van der Waals surface area contributed by atoms with Crippen molar-refractivity contribution in [1.82, 2.24) is 9.78 Å². The molecule has 0 spiro atoms. The van der Waals surface area contributed by atoms with E-state index in [9.17, 15) is 4.79 Å². The first-order valence-corrected chi connectivity index (χ1v) is 9.14. The second kappa shape index (κ2) is 6.61. The Morgan fingerprint density at radius 2 is 1.92 bits per heavy atom. The zero-order chi connectivity index (χ0) is 18.3. The van der Waals surface area contributed by atoms with Gasteiger partial charge in [-0.2, -0.15) is 0 Å². The number of anilines is 2. The molecule has 1 aromatic heterocycles. The van der Waals surface area contributed by atoms with E-state index in [1.54, 1.807) is 0 Å². The molecule has 132 valence electrons. The van der Waals surface area contributed by atoms with E-state index in [-0.39, 0.29) is 5.78 Å². The minimum absolute atomic E-state index is 0.131. The summed E-state index contributed by atoms with van der Waals surface area (Å²) in [6.45, 7) is 4.10. The fourth-order valence-corrected chi connectivity index (χ4v) is 3.76. The van der Waals surface area contributed by atoms with Gasteiger partial charge in [0.2, 0.25) is 0 Å². The summed E-state index contributed by atoms with van der Waals surface area (Å²) < 4.78 is 1.88. The first kappa shape index (κ1) is 16.9. The molecule has 26 heavy (non-hydrogen) atoms. The second-order valence-corrected chi connectivity index (χ2v) is 7.37. The molecule has 1 N–H and O–H groups in total. The molecule has 4 nitrogen and oxygen atoms in total. The van der Waals surface area contributed by atoms with Gasteiger partial charge < -0.3 is 5.32 Å². The average Bonchev–Trinajstić information content (AvgIpc) is 2.96. The molecule has 1 atom stereocenters. The van der Waals surface area contributed by atoms with E-state index in [1.807, 2.05) is 60.1 Å². The number of hydrogen-bond acceptors (Lipinski definition) is 3. The van der Waals surface area contributed by atoms with Gasteiger partial charge in [-0.3, -0.25) is 4.79 Å². The maximum absolute atomic E-state index is 12.8. The van der Waals surface area contributed by atoms with Crippen molar-refractivity contribution in [3.63, 3.8) is 0 Å². The fourth-order valence-electron chi connectivity index (χ4n) is 3.47. The molecular weight excluding hydrogens is 346 g/mol. The molecule has 0 fully saturated rings. The number of carbonyl (C=O) groups excluding carboxylic acids is 1. The van der Waals surface area contributed by atoms with Gasteiger partial charge in [0.05, 0.1) is 27.7 Å². The second-order valence-electron chi connectivity index (χ2n) is 6.96. The third kappa shape index (κ3) is 3.01. The predicted octanol–water partition coefficient (Wildman–Crippen LogP) is 5.34. The van der Waals surface area contributed by atoms with Crippen LogP contribution < -0.4 is 5.32 Å².